The van der Waals surface area contributed by atoms with E-state index < -0.39 is 0 Å². The average molecular weight is 418 g/mol. The van der Waals surface area contributed by atoms with Gasteiger partial charge in [-0.25, -0.2) is 5.01 Å². The number of benzene rings is 2. The first kappa shape index (κ1) is 20.8. The summed E-state index contributed by atoms with van der Waals surface area (Å²) in [5.74, 6) is 0.280. The van der Waals surface area contributed by atoms with Gasteiger partial charge in [0, 0.05) is 6.42 Å². The molecular weight excluding hydrogens is 392 g/mol. The molecule has 2 aliphatic rings. The van der Waals surface area contributed by atoms with Crippen LogP contribution in [0.3, 0.4) is 0 Å². The highest BCUT2D eigenvalue weighted by molar-refractivity contribution is 6.03. The Morgan fingerprint density at radius 1 is 1.10 bits per heavy atom. The molecule has 0 bridgehead atoms. The summed E-state index contributed by atoms with van der Waals surface area (Å²) in [6.45, 7) is -0.312. The van der Waals surface area contributed by atoms with Crippen molar-refractivity contribution < 1.29 is 19.1 Å². The number of nitrogens with zero attached hydrogens (tertiary/aromatic N) is 2. The summed E-state index contributed by atoms with van der Waals surface area (Å²) in [7, 11) is 1.62. The zero-order valence-corrected chi connectivity index (χ0v) is 17.6. The van der Waals surface area contributed by atoms with Gasteiger partial charge in [0.1, 0.15) is 5.75 Å². The van der Waals surface area contributed by atoms with Crippen LogP contribution in [-0.4, -0.2) is 36.3 Å². The Bertz CT molecular complexity index is 982. The molecule has 6 heteroatoms. The van der Waals surface area contributed by atoms with Gasteiger partial charge in [0.05, 0.1) is 25.3 Å². The second-order valence-electron chi connectivity index (χ2n) is 7.77. The molecule has 2 aromatic rings. The lowest BCUT2D eigenvalue weighted by Gasteiger charge is -2.22. The number of esters is 1. The summed E-state index contributed by atoms with van der Waals surface area (Å²) in [6.07, 6.45) is 6.96. The molecule has 0 aromatic heterocycles. The Morgan fingerprint density at radius 3 is 2.55 bits per heavy atom. The molecule has 0 spiro atoms. The van der Waals surface area contributed by atoms with Crippen molar-refractivity contribution in [2.24, 2.45) is 11.0 Å². The van der Waals surface area contributed by atoms with E-state index in [1.165, 1.54) is 5.01 Å². The number of hydrogen-bond donors (Lipinski definition) is 0. The summed E-state index contributed by atoms with van der Waals surface area (Å²) in [5.41, 5.74) is 2.75. The van der Waals surface area contributed by atoms with Crippen molar-refractivity contribution >= 4 is 17.6 Å². The SMILES string of the molecule is COc1ccc([C@H]2CC(c3ccccc3)=NN2C(=O)COC(=O)C[C@H]2C=CCC2)cc1. The summed E-state index contributed by atoms with van der Waals surface area (Å²) in [6, 6.07) is 17.2. The van der Waals surface area contributed by atoms with Crippen LogP contribution in [-0.2, 0) is 14.3 Å². The second-order valence-corrected chi connectivity index (χ2v) is 7.77. The molecule has 0 unspecified atom stereocenters. The molecule has 0 saturated carbocycles. The van der Waals surface area contributed by atoms with Crippen molar-refractivity contribution in [3.8, 4) is 5.75 Å². The number of allylic oxidation sites excluding steroid dienone is 2. The number of carbonyl (C=O) groups is 2. The van der Waals surface area contributed by atoms with E-state index in [1.54, 1.807) is 7.11 Å². The van der Waals surface area contributed by atoms with Gasteiger partial charge in [-0.1, -0.05) is 54.6 Å². The molecule has 160 valence electrons. The van der Waals surface area contributed by atoms with Crippen LogP contribution in [0.25, 0.3) is 0 Å². The predicted molar refractivity (Wildman–Crippen MR) is 118 cm³/mol. The highest BCUT2D eigenvalue weighted by Crippen LogP contribution is 2.33. The Balaban J connectivity index is 1.48. The van der Waals surface area contributed by atoms with Gasteiger partial charge in [-0.15, -0.1) is 0 Å². The van der Waals surface area contributed by atoms with E-state index >= 15 is 0 Å². The molecule has 1 aliphatic heterocycles. The van der Waals surface area contributed by atoms with Crippen LogP contribution >= 0.6 is 0 Å². The molecular formula is C25H26N2O4. The number of methoxy groups -OCH3 is 1. The fraction of sp³-hybridized carbons (Fsp3) is 0.320. The minimum Gasteiger partial charge on any atom is -0.497 e. The molecule has 0 N–H and O–H groups in total. The molecule has 31 heavy (non-hydrogen) atoms. The van der Waals surface area contributed by atoms with E-state index in [-0.39, 0.29) is 30.4 Å². The lowest BCUT2D eigenvalue weighted by molar-refractivity contribution is -0.153. The Labute approximate surface area is 182 Å². The van der Waals surface area contributed by atoms with E-state index in [9.17, 15) is 9.59 Å². The van der Waals surface area contributed by atoms with E-state index in [2.05, 4.69) is 11.2 Å². The fourth-order valence-electron chi connectivity index (χ4n) is 3.98. The minimum absolute atomic E-state index is 0.212. The van der Waals surface area contributed by atoms with Gasteiger partial charge in [-0.3, -0.25) is 9.59 Å². The maximum atomic E-state index is 13.0. The zero-order chi connectivity index (χ0) is 21.6. The third-order valence-corrected chi connectivity index (χ3v) is 5.67. The molecule has 0 radical (unpaired) electrons. The van der Waals surface area contributed by atoms with E-state index in [0.29, 0.717) is 12.8 Å². The van der Waals surface area contributed by atoms with Crippen molar-refractivity contribution in [2.45, 2.75) is 31.7 Å². The molecule has 2 atom stereocenters. The van der Waals surface area contributed by atoms with Crippen LogP contribution in [0.4, 0.5) is 0 Å². The van der Waals surface area contributed by atoms with Crippen LogP contribution < -0.4 is 4.74 Å². The quantitative estimate of drug-likeness (QED) is 0.497. The first-order chi connectivity index (χ1) is 15.1. The lowest BCUT2D eigenvalue weighted by Crippen LogP contribution is -2.31. The van der Waals surface area contributed by atoms with Gasteiger partial charge >= 0.3 is 5.97 Å². The minimum atomic E-state index is -0.350. The van der Waals surface area contributed by atoms with Gasteiger partial charge in [0.15, 0.2) is 6.61 Å². The molecule has 4 rings (SSSR count). The van der Waals surface area contributed by atoms with Gasteiger partial charge in [0.25, 0.3) is 5.91 Å². The van der Waals surface area contributed by atoms with Gasteiger partial charge in [0.2, 0.25) is 0 Å². The molecule has 0 fully saturated rings. The molecule has 0 saturated heterocycles. The molecule has 1 amide bonds. The van der Waals surface area contributed by atoms with Gasteiger partial charge < -0.3 is 9.47 Å². The maximum Gasteiger partial charge on any atom is 0.306 e. The normalized spacial score (nSPS) is 19.9. The second kappa shape index (κ2) is 9.60. The fourth-order valence-corrected chi connectivity index (χ4v) is 3.98. The third-order valence-electron chi connectivity index (χ3n) is 5.67. The molecule has 1 heterocycles. The Hall–Kier alpha value is -3.41. The van der Waals surface area contributed by atoms with Crippen LogP contribution in [0.1, 0.15) is 42.9 Å². The van der Waals surface area contributed by atoms with Crippen LogP contribution in [0.2, 0.25) is 0 Å². The van der Waals surface area contributed by atoms with E-state index in [0.717, 1.165) is 35.4 Å². The topological polar surface area (TPSA) is 68.2 Å². The van der Waals surface area contributed by atoms with Crippen molar-refractivity contribution in [2.75, 3.05) is 13.7 Å². The highest BCUT2D eigenvalue weighted by atomic mass is 16.5. The first-order valence-corrected chi connectivity index (χ1v) is 10.5. The Morgan fingerprint density at radius 2 is 1.87 bits per heavy atom. The number of hydrogen-bond acceptors (Lipinski definition) is 5. The van der Waals surface area contributed by atoms with Crippen LogP contribution in [0, 0.1) is 5.92 Å². The lowest BCUT2D eigenvalue weighted by atomic mass is 9.98. The van der Waals surface area contributed by atoms with Crippen molar-refractivity contribution in [1.82, 2.24) is 5.01 Å². The van der Waals surface area contributed by atoms with E-state index in [1.807, 2.05) is 60.7 Å². The Kier molecular flexibility index (Phi) is 6.46. The average Bonchev–Trinajstić information content (AvgIpc) is 3.48. The molecule has 6 nitrogen and oxygen atoms in total. The van der Waals surface area contributed by atoms with Crippen molar-refractivity contribution in [3.63, 3.8) is 0 Å². The smallest absolute Gasteiger partial charge is 0.306 e. The maximum absolute atomic E-state index is 13.0. The number of carbonyl (C=O) groups excluding carboxylic acids is 2. The number of rotatable bonds is 7. The zero-order valence-electron chi connectivity index (χ0n) is 17.6. The van der Waals surface area contributed by atoms with Crippen molar-refractivity contribution in [1.29, 1.82) is 0 Å². The largest absolute Gasteiger partial charge is 0.497 e. The third kappa shape index (κ3) is 5.02. The predicted octanol–water partition coefficient (Wildman–Crippen LogP) is 4.27. The summed E-state index contributed by atoms with van der Waals surface area (Å²) in [5, 5.41) is 6.06. The van der Waals surface area contributed by atoms with Crippen LogP contribution in [0.15, 0.2) is 71.9 Å². The number of hydrazone groups is 1. The van der Waals surface area contributed by atoms with E-state index in [4.69, 9.17) is 9.47 Å². The number of ether oxygens (including phenoxy) is 2. The van der Waals surface area contributed by atoms with Gasteiger partial charge in [-0.05, 0) is 42.0 Å². The summed E-state index contributed by atoms with van der Waals surface area (Å²) >= 11 is 0. The standard InChI is InChI=1S/C25H26N2O4/c1-30-21-13-11-20(12-14-21)23-16-22(19-9-3-2-4-10-19)26-27(23)24(28)17-31-25(29)15-18-7-5-6-8-18/h2-5,7,9-14,18,23H,6,8,15-17H2,1H3/t18-,23+/m0/s1. The monoisotopic (exact) mass is 418 g/mol. The highest BCUT2D eigenvalue weighted by Gasteiger charge is 2.33. The number of amides is 1. The molecule has 1 aliphatic carbocycles. The van der Waals surface area contributed by atoms with Crippen LogP contribution in [0.5, 0.6) is 5.75 Å². The summed E-state index contributed by atoms with van der Waals surface area (Å²) in [4.78, 5) is 25.1. The first-order valence-electron chi connectivity index (χ1n) is 10.5. The molecule has 2 aromatic carbocycles. The van der Waals surface area contributed by atoms with Gasteiger partial charge in [-0.2, -0.15) is 5.10 Å². The summed E-state index contributed by atoms with van der Waals surface area (Å²) < 4.78 is 10.5. The van der Waals surface area contributed by atoms with Crippen molar-refractivity contribution in [3.05, 3.63) is 77.9 Å².